The van der Waals surface area contributed by atoms with E-state index < -0.39 is 5.97 Å². The standard InChI is InChI=1S/C14H21N3O5/c1-3-11(18)15-7-9-17(10-8-16-12(19)4-2)13(20)5-6-14(21)22/h3-4H,1-2,5-10H2,(H,15,18)(H,16,19)(H,21,22). The van der Waals surface area contributed by atoms with Crippen LogP contribution in [0.3, 0.4) is 0 Å². The lowest BCUT2D eigenvalue weighted by Crippen LogP contribution is -2.42. The van der Waals surface area contributed by atoms with E-state index in [9.17, 15) is 19.2 Å². The van der Waals surface area contributed by atoms with Gasteiger partial charge in [-0.3, -0.25) is 19.2 Å². The molecule has 0 radical (unpaired) electrons. The predicted molar refractivity (Wildman–Crippen MR) is 79.9 cm³/mol. The number of nitrogens with zero attached hydrogens (tertiary/aromatic N) is 1. The summed E-state index contributed by atoms with van der Waals surface area (Å²) in [7, 11) is 0. The Balaban J connectivity index is 4.40. The Morgan fingerprint density at radius 3 is 1.73 bits per heavy atom. The van der Waals surface area contributed by atoms with Crippen molar-refractivity contribution in [3.63, 3.8) is 0 Å². The first-order chi connectivity index (χ1) is 10.4. The summed E-state index contributed by atoms with van der Waals surface area (Å²) in [6.07, 6.45) is 1.81. The van der Waals surface area contributed by atoms with Crippen LogP contribution in [0.1, 0.15) is 12.8 Å². The molecular formula is C14H21N3O5. The molecule has 0 aromatic carbocycles. The average molecular weight is 311 g/mol. The maximum absolute atomic E-state index is 11.9. The molecule has 0 aromatic rings. The highest BCUT2D eigenvalue weighted by atomic mass is 16.4. The number of rotatable bonds is 11. The second kappa shape index (κ2) is 11.1. The van der Waals surface area contributed by atoms with E-state index in [2.05, 4.69) is 23.8 Å². The van der Waals surface area contributed by atoms with E-state index >= 15 is 0 Å². The number of amides is 3. The van der Waals surface area contributed by atoms with Crippen molar-refractivity contribution < 1.29 is 24.3 Å². The molecule has 3 amide bonds. The van der Waals surface area contributed by atoms with Crippen LogP contribution < -0.4 is 10.6 Å². The highest BCUT2D eigenvalue weighted by Crippen LogP contribution is 1.98. The van der Waals surface area contributed by atoms with Gasteiger partial charge in [-0.1, -0.05) is 13.2 Å². The number of carboxylic acid groups (broad SMARTS) is 1. The Morgan fingerprint density at radius 2 is 1.36 bits per heavy atom. The molecule has 0 atom stereocenters. The van der Waals surface area contributed by atoms with Gasteiger partial charge in [0.05, 0.1) is 6.42 Å². The quantitative estimate of drug-likeness (QED) is 0.436. The fourth-order valence-electron chi connectivity index (χ4n) is 1.51. The van der Waals surface area contributed by atoms with Gasteiger partial charge >= 0.3 is 5.97 Å². The van der Waals surface area contributed by atoms with Crippen LogP contribution in [0.15, 0.2) is 25.3 Å². The molecule has 0 saturated heterocycles. The van der Waals surface area contributed by atoms with E-state index in [1.165, 1.54) is 4.90 Å². The first-order valence-corrected chi connectivity index (χ1v) is 6.70. The third-order valence-corrected chi connectivity index (χ3v) is 2.64. The Labute approximate surface area is 128 Å². The lowest BCUT2D eigenvalue weighted by molar-refractivity contribution is -0.140. The zero-order valence-corrected chi connectivity index (χ0v) is 12.3. The van der Waals surface area contributed by atoms with Crippen molar-refractivity contribution in [3.8, 4) is 0 Å². The SMILES string of the molecule is C=CC(=O)NCCN(CCNC(=O)C=C)C(=O)CCC(=O)O. The highest BCUT2D eigenvalue weighted by molar-refractivity contribution is 5.87. The summed E-state index contributed by atoms with van der Waals surface area (Å²) in [5, 5.41) is 13.6. The van der Waals surface area contributed by atoms with Gasteiger partial charge < -0.3 is 20.6 Å². The molecule has 0 rings (SSSR count). The summed E-state index contributed by atoms with van der Waals surface area (Å²) in [5.74, 6) is -2.15. The number of hydrogen-bond acceptors (Lipinski definition) is 4. The van der Waals surface area contributed by atoms with Crippen LogP contribution >= 0.6 is 0 Å². The van der Waals surface area contributed by atoms with Gasteiger partial charge in [-0.05, 0) is 12.2 Å². The van der Waals surface area contributed by atoms with E-state index in [0.717, 1.165) is 12.2 Å². The molecule has 0 saturated carbocycles. The molecule has 0 fully saturated rings. The van der Waals surface area contributed by atoms with Crippen LogP contribution in [-0.2, 0) is 19.2 Å². The van der Waals surface area contributed by atoms with Crippen molar-refractivity contribution in [2.75, 3.05) is 26.2 Å². The summed E-state index contributed by atoms with van der Waals surface area (Å²) >= 11 is 0. The van der Waals surface area contributed by atoms with E-state index in [1.54, 1.807) is 0 Å². The third kappa shape index (κ3) is 9.29. The first kappa shape index (κ1) is 19.4. The minimum atomic E-state index is -1.06. The van der Waals surface area contributed by atoms with Crippen molar-refractivity contribution >= 4 is 23.7 Å². The summed E-state index contributed by atoms with van der Waals surface area (Å²) in [6.45, 7) is 7.45. The maximum Gasteiger partial charge on any atom is 0.303 e. The van der Waals surface area contributed by atoms with Crippen LogP contribution in [-0.4, -0.2) is 59.9 Å². The predicted octanol–water partition coefficient (Wildman–Crippen LogP) is -0.716. The molecule has 122 valence electrons. The fraction of sp³-hybridized carbons (Fsp3) is 0.429. The van der Waals surface area contributed by atoms with Crippen LogP contribution in [0.5, 0.6) is 0 Å². The zero-order chi connectivity index (χ0) is 17.0. The lowest BCUT2D eigenvalue weighted by atomic mass is 10.2. The van der Waals surface area contributed by atoms with Gasteiger partial charge in [0.2, 0.25) is 17.7 Å². The second-order valence-electron chi connectivity index (χ2n) is 4.26. The van der Waals surface area contributed by atoms with Gasteiger partial charge in [-0.2, -0.15) is 0 Å². The number of aliphatic carboxylic acids is 1. The van der Waals surface area contributed by atoms with E-state index in [4.69, 9.17) is 5.11 Å². The Bertz CT molecular complexity index is 422. The van der Waals surface area contributed by atoms with E-state index in [0.29, 0.717) is 0 Å². The second-order valence-corrected chi connectivity index (χ2v) is 4.26. The van der Waals surface area contributed by atoms with Crippen LogP contribution in [0.2, 0.25) is 0 Å². The number of hydrogen-bond donors (Lipinski definition) is 3. The monoisotopic (exact) mass is 311 g/mol. The molecule has 0 spiro atoms. The van der Waals surface area contributed by atoms with Crippen molar-refractivity contribution in [2.45, 2.75) is 12.8 Å². The Kier molecular flexibility index (Phi) is 9.74. The van der Waals surface area contributed by atoms with Gasteiger partial charge in [-0.25, -0.2) is 0 Å². The van der Waals surface area contributed by atoms with E-state index in [1.807, 2.05) is 0 Å². The van der Waals surface area contributed by atoms with E-state index in [-0.39, 0.29) is 56.7 Å². The molecule has 3 N–H and O–H groups in total. The fourth-order valence-corrected chi connectivity index (χ4v) is 1.51. The average Bonchev–Trinajstić information content (AvgIpc) is 2.50. The number of nitrogens with one attached hydrogen (secondary N) is 2. The van der Waals surface area contributed by atoms with Crippen molar-refractivity contribution in [2.24, 2.45) is 0 Å². The topological polar surface area (TPSA) is 116 Å². The molecule has 0 aliphatic heterocycles. The molecule has 0 aliphatic rings. The molecule has 0 aliphatic carbocycles. The minimum Gasteiger partial charge on any atom is -0.481 e. The summed E-state index contributed by atoms with van der Waals surface area (Å²) in [6, 6.07) is 0. The molecule has 0 bridgehead atoms. The molecular weight excluding hydrogens is 290 g/mol. The number of carbonyl (C=O) groups is 4. The molecule has 0 aromatic heterocycles. The first-order valence-electron chi connectivity index (χ1n) is 6.70. The molecule has 22 heavy (non-hydrogen) atoms. The van der Waals surface area contributed by atoms with Gasteiger partial charge in [0, 0.05) is 32.6 Å². The van der Waals surface area contributed by atoms with Crippen molar-refractivity contribution in [1.29, 1.82) is 0 Å². The van der Waals surface area contributed by atoms with Gasteiger partial charge in [-0.15, -0.1) is 0 Å². The summed E-state index contributed by atoms with van der Waals surface area (Å²) < 4.78 is 0. The van der Waals surface area contributed by atoms with Gasteiger partial charge in [0.25, 0.3) is 0 Å². The number of carboxylic acids is 1. The van der Waals surface area contributed by atoms with Crippen LogP contribution in [0.25, 0.3) is 0 Å². The van der Waals surface area contributed by atoms with Gasteiger partial charge in [0.15, 0.2) is 0 Å². The van der Waals surface area contributed by atoms with Crippen molar-refractivity contribution in [1.82, 2.24) is 15.5 Å². The summed E-state index contributed by atoms with van der Waals surface area (Å²) in [5.41, 5.74) is 0. The van der Waals surface area contributed by atoms with Crippen LogP contribution in [0.4, 0.5) is 0 Å². The molecule has 0 unspecified atom stereocenters. The minimum absolute atomic E-state index is 0.139. The maximum atomic E-state index is 11.9. The third-order valence-electron chi connectivity index (χ3n) is 2.64. The molecule has 8 nitrogen and oxygen atoms in total. The van der Waals surface area contributed by atoms with Crippen molar-refractivity contribution in [3.05, 3.63) is 25.3 Å². The highest BCUT2D eigenvalue weighted by Gasteiger charge is 2.14. The van der Waals surface area contributed by atoms with Crippen LogP contribution in [0, 0.1) is 0 Å². The normalized spacial score (nSPS) is 9.45. The lowest BCUT2D eigenvalue weighted by Gasteiger charge is -2.22. The summed E-state index contributed by atoms with van der Waals surface area (Å²) in [4.78, 5) is 45.9. The molecule has 0 heterocycles. The smallest absolute Gasteiger partial charge is 0.303 e. The molecule has 8 heteroatoms. The Morgan fingerprint density at radius 1 is 0.909 bits per heavy atom. The van der Waals surface area contributed by atoms with Gasteiger partial charge in [0.1, 0.15) is 0 Å². The number of carbonyl (C=O) groups excluding carboxylic acids is 3. The zero-order valence-electron chi connectivity index (χ0n) is 12.3. The largest absolute Gasteiger partial charge is 0.481 e. The Hall–Kier alpha value is -2.64.